The summed E-state index contributed by atoms with van der Waals surface area (Å²) in [5.41, 5.74) is 0.531. The van der Waals surface area contributed by atoms with Gasteiger partial charge in [0.15, 0.2) is 0 Å². The summed E-state index contributed by atoms with van der Waals surface area (Å²) in [6.45, 7) is 4.90. The third-order valence-corrected chi connectivity index (χ3v) is 6.12. The summed E-state index contributed by atoms with van der Waals surface area (Å²) in [5, 5.41) is 2.86. The molecule has 1 saturated heterocycles. The van der Waals surface area contributed by atoms with Gasteiger partial charge in [0.05, 0.1) is 16.6 Å². The average Bonchev–Trinajstić information content (AvgIpc) is 3.15. The monoisotopic (exact) mass is 461 g/mol. The van der Waals surface area contributed by atoms with Crippen LogP contribution in [0.1, 0.15) is 18.9 Å². The lowest BCUT2D eigenvalue weighted by Gasteiger charge is -2.40. The average molecular weight is 461 g/mol. The van der Waals surface area contributed by atoms with Crippen LogP contribution >= 0.6 is 0 Å². The number of aromatic nitrogens is 2. The van der Waals surface area contributed by atoms with Crippen molar-refractivity contribution in [3.63, 3.8) is 0 Å². The van der Waals surface area contributed by atoms with Crippen LogP contribution in [0.5, 0.6) is 0 Å². The second-order valence-corrected chi connectivity index (χ2v) is 8.10. The lowest BCUT2D eigenvalue weighted by molar-refractivity contribution is -0.137. The first-order chi connectivity index (χ1) is 15.8. The van der Waals surface area contributed by atoms with Crippen LogP contribution < -0.4 is 15.9 Å². The Bertz CT molecular complexity index is 1180. The largest absolute Gasteiger partial charge is 0.416 e. The van der Waals surface area contributed by atoms with Gasteiger partial charge in [0.25, 0.3) is 0 Å². The van der Waals surface area contributed by atoms with Gasteiger partial charge < -0.3 is 15.2 Å². The van der Waals surface area contributed by atoms with Crippen LogP contribution in [-0.2, 0) is 6.18 Å². The number of nitrogens with zero attached hydrogens (tertiary/aromatic N) is 3. The van der Waals surface area contributed by atoms with E-state index in [0.29, 0.717) is 49.4 Å². The summed E-state index contributed by atoms with van der Waals surface area (Å²) in [6, 6.07) is 11.9. The molecule has 1 atom stereocenters. The molecule has 0 saturated carbocycles. The van der Waals surface area contributed by atoms with Gasteiger partial charge in [-0.3, -0.25) is 4.90 Å². The molecule has 0 aliphatic carbocycles. The molecule has 0 bridgehead atoms. The molecular formula is C23H26F3N5O2. The fourth-order valence-corrected chi connectivity index (χ4v) is 4.30. The molecule has 176 valence electrons. The van der Waals surface area contributed by atoms with Gasteiger partial charge in [-0.15, -0.1) is 0 Å². The van der Waals surface area contributed by atoms with E-state index in [4.69, 9.17) is 0 Å². The Hall–Kier alpha value is -3.27. The number of amides is 1. The number of nitrogens with one attached hydrogen (secondary N) is 2. The molecule has 0 radical (unpaired) electrons. The van der Waals surface area contributed by atoms with E-state index >= 15 is 0 Å². The van der Waals surface area contributed by atoms with Crippen molar-refractivity contribution in [3.8, 4) is 0 Å². The number of para-hydroxylation sites is 2. The van der Waals surface area contributed by atoms with Gasteiger partial charge in [-0.05, 0) is 36.8 Å². The Morgan fingerprint density at radius 1 is 1.09 bits per heavy atom. The smallest absolute Gasteiger partial charge is 0.369 e. The number of aromatic amines is 1. The third-order valence-electron chi connectivity index (χ3n) is 6.12. The van der Waals surface area contributed by atoms with E-state index in [0.717, 1.165) is 17.1 Å². The van der Waals surface area contributed by atoms with Crippen LogP contribution in [0.3, 0.4) is 0 Å². The van der Waals surface area contributed by atoms with E-state index < -0.39 is 23.5 Å². The van der Waals surface area contributed by atoms with Crippen LogP contribution in [0.25, 0.3) is 11.0 Å². The molecule has 2 N–H and O–H groups in total. The lowest BCUT2D eigenvalue weighted by atomic mass is 10.1. The molecular weight excluding hydrogens is 435 g/mol. The Labute approximate surface area is 188 Å². The zero-order valence-electron chi connectivity index (χ0n) is 18.2. The predicted octanol–water partition coefficient (Wildman–Crippen LogP) is 3.51. The summed E-state index contributed by atoms with van der Waals surface area (Å²) < 4.78 is 40.2. The van der Waals surface area contributed by atoms with Gasteiger partial charge in [0, 0.05) is 44.5 Å². The molecule has 1 aliphatic rings. The molecule has 3 aromatic rings. The fraction of sp³-hybridized carbons (Fsp3) is 0.391. The van der Waals surface area contributed by atoms with Gasteiger partial charge in [-0.2, -0.15) is 13.2 Å². The van der Waals surface area contributed by atoms with E-state index in [9.17, 15) is 22.8 Å². The van der Waals surface area contributed by atoms with Crippen LogP contribution in [0.4, 0.5) is 23.7 Å². The molecule has 10 heteroatoms. The van der Waals surface area contributed by atoms with Crippen molar-refractivity contribution in [3.05, 3.63) is 64.6 Å². The van der Waals surface area contributed by atoms with Crippen molar-refractivity contribution in [2.45, 2.75) is 25.6 Å². The highest BCUT2D eigenvalue weighted by atomic mass is 19.4. The zero-order valence-corrected chi connectivity index (χ0v) is 18.2. The van der Waals surface area contributed by atoms with E-state index in [-0.39, 0.29) is 6.04 Å². The summed E-state index contributed by atoms with van der Waals surface area (Å²) in [5.74, 6) is 0. The van der Waals surface area contributed by atoms with Crippen LogP contribution in [0, 0.1) is 0 Å². The standard InChI is InChI=1S/C23H26F3N5O2/c1-2-17(15-27-21(32)31-20-9-4-3-8-19(20)28-22(31)33)29-10-12-30(13-11-29)18-7-5-6-16(14-18)23(24,25)26/h3-9,14,17H,2,10-13,15H2,1H3,(H,27,32)(H,28,33). The minimum absolute atomic E-state index is 0.0542. The highest BCUT2D eigenvalue weighted by Crippen LogP contribution is 2.32. The van der Waals surface area contributed by atoms with Crippen molar-refractivity contribution >= 4 is 22.8 Å². The molecule has 2 heterocycles. The van der Waals surface area contributed by atoms with E-state index in [1.807, 2.05) is 11.8 Å². The first-order valence-corrected chi connectivity index (χ1v) is 10.9. The number of hydrogen-bond donors (Lipinski definition) is 2. The summed E-state index contributed by atoms with van der Waals surface area (Å²) in [6.07, 6.45) is -3.58. The molecule has 33 heavy (non-hydrogen) atoms. The molecule has 2 aromatic carbocycles. The number of piperazine rings is 1. The Morgan fingerprint density at radius 3 is 2.52 bits per heavy atom. The molecule has 7 nitrogen and oxygen atoms in total. The summed E-state index contributed by atoms with van der Waals surface area (Å²) >= 11 is 0. The number of anilines is 1. The van der Waals surface area contributed by atoms with Crippen molar-refractivity contribution < 1.29 is 18.0 Å². The van der Waals surface area contributed by atoms with Crippen molar-refractivity contribution in [2.75, 3.05) is 37.6 Å². The number of H-pyrrole nitrogens is 1. The highest BCUT2D eigenvalue weighted by Gasteiger charge is 2.31. The zero-order chi connectivity index (χ0) is 23.6. The Morgan fingerprint density at radius 2 is 1.82 bits per heavy atom. The van der Waals surface area contributed by atoms with Gasteiger partial charge >= 0.3 is 17.9 Å². The molecule has 1 fully saturated rings. The number of rotatable bonds is 5. The maximum absolute atomic E-state index is 13.0. The van der Waals surface area contributed by atoms with E-state index in [1.165, 1.54) is 12.1 Å². The highest BCUT2D eigenvalue weighted by molar-refractivity contribution is 5.88. The summed E-state index contributed by atoms with van der Waals surface area (Å²) in [7, 11) is 0. The minimum atomic E-state index is -4.36. The number of benzene rings is 2. The first-order valence-electron chi connectivity index (χ1n) is 10.9. The maximum atomic E-state index is 13.0. The Kier molecular flexibility index (Phi) is 6.46. The number of hydrogen-bond acceptors (Lipinski definition) is 4. The second-order valence-electron chi connectivity index (χ2n) is 8.10. The number of halogens is 3. The molecule has 0 spiro atoms. The van der Waals surface area contributed by atoms with E-state index in [2.05, 4.69) is 15.2 Å². The number of carbonyl (C=O) groups excluding carboxylic acids is 1. The molecule has 1 unspecified atom stereocenters. The van der Waals surface area contributed by atoms with Crippen LogP contribution in [0.2, 0.25) is 0 Å². The summed E-state index contributed by atoms with van der Waals surface area (Å²) in [4.78, 5) is 31.8. The number of alkyl halides is 3. The predicted molar refractivity (Wildman–Crippen MR) is 121 cm³/mol. The van der Waals surface area contributed by atoms with Gasteiger partial charge in [-0.1, -0.05) is 25.1 Å². The Balaban J connectivity index is 1.36. The molecule has 1 amide bonds. The quantitative estimate of drug-likeness (QED) is 0.610. The van der Waals surface area contributed by atoms with Crippen LogP contribution in [0.15, 0.2) is 53.3 Å². The molecule has 4 rings (SSSR count). The fourth-order valence-electron chi connectivity index (χ4n) is 4.30. The van der Waals surface area contributed by atoms with Crippen molar-refractivity contribution in [2.24, 2.45) is 0 Å². The maximum Gasteiger partial charge on any atom is 0.416 e. The van der Waals surface area contributed by atoms with Gasteiger partial charge in [0.2, 0.25) is 0 Å². The van der Waals surface area contributed by atoms with E-state index in [1.54, 1.807) is 30.3 Å². The van der Waals surface area contributed by atoms with Crippen molar-refractivity contribution in [1.29, 1.82) is 0 Å². The number of imidazole rings is 1. The molecule has 1 aromatic heterocycles. The van der Waals surface area contributed by atoms with Crippen LogP contribution in [-0.4, -0.2) is 59.2 Å². The van der Waals surface area contributed by atoms with Crippen molar-refractivity contribution in [1.82, 2.24) is 19.8 Å². The SMILES string of the molecule is CCC(CNC(=O)n1c(=O)[nH]c2ccccc21)N1CCN(c2cccc(C(F)(F)F)c2)CC1. The molecule has 1 aliphatic heterocycles. The topological polar surface area (TPSA) is 73.4 Å². The third kappa shape index (κ3) is 4.90. The minimum Gasteiger partial charge on any atom is -0.369 e. The van der Waals surface area contributed by atoms with Gasteiger partial charge in [0.1, 0.15) is 0 Å². The second kappa shape index (κ2) is 9.30. The number of carbonyl (C=O) groups is 1. The number of fused-ring (bicyclic) bond motifs is 1. The first kappa shape index (κ1) is 22.9. The normalized spacial score (nSPS) is 16.2. The lowest BCUT2D eigenvalue weighted by Crippen LogP contribution is -2.53. The van der Waals surface area contributed by atoms with Gasteiger partial charge in [-0.25, -0.2) is 14.2 Å².